The molecule has 0 atom stereocenters. The first-order valence-corrected chi connectivity index (χ1v) is 6.84. The van der Waals surface area contributed by atoms with Crippen LogP contribution in [0.2, 0.25) is 0 Å². The standard InChI is InChI=1S/C14H13BrN2O3/c1-8-11(6-7-12(18)19)14(20)17-13(16-8)9-2-4-10(15)5-3-9/h2-5H,6-7H2,1H3,(H,18,19)(H,16,17,20). The molecule has 0 fully saturated rings. The van der Waals surface area contributed by atoms with Gasteiger partial charge in [-0.1, -0.05) is 28.1 Å². The molecule has 0 spiro atoms. The van der Waals surface area contributed by atoms with Crippen molar-refractivity contribution in [2.45, 2.75) is 19.8 Å². The highest BCUT2D eigenvalue weighted by Gasteiger charge is 2.11. The van der Waals surface area contributed by atoms with Crippen LogP contribution in [-0.4, -0.2) is 21.0 Å². The van der Waals surface area contributed by atoms with Crippen LogP contribution in [0.25, 0.3) is 11.4 Å². The third-order valence-corrected chi connectivity index (χ3v) is 3.46. The summed E-state index contributed by atoms with van der Waals surface area (Å²) in [6.07, 6.45) is 0.105. The van der Waals surface area contributed by atoms with E-state index >= 15 is 0 Å². The molecule has 2 aromatic rings. The van der Waals surface area contributed by atoms with Gasteiger partial charge >= 0.3 is 5.97 Å². The van der Waals surface area contributed by atoms with Crippen LogP contribution < -0.4 is 5.56 Å². The van der Waals surface area contributed by atoms with E-state index in [-0.39, 0.29) is 18.4 Å². The van der Waals surface area contributed by atoms with Crippen molar-refractivity contribution in [1.29, 1.82) is 0 Å². The summed E-state index contributed by atoms with van der Waals surface area (Å²) < 4.78 is 0.943. The normalized spacial score (nSPS) is 10.5. The first-order valence-electron chi connectivity index (χ1n) is 6.05. The molecule has 0 saturated heterocycles. The van der Waals surface area contributed by atoms with Crippen LogP contribution in [0, 0.1) is 6.92 Å². The molecule has 0 unspecified atom stereocenters. The maximum Gasteiger partial charge on any atom is 0.303 e. The molecular formula is C14H13BrN2O3. The van der Waals surface area contributed by atoms with E-state index in [1.165, 1.54) is 0 Å². The van der Waals surface area contributed by atoms with Gasteiger partial charge in [0.2, 0.25) is 0 Å². The second kappa shape index (κ2) is 6.00. The van der Waals surface area contributed by atoms with E-state index in [0.717, 1.165) is 10.0 Å². The number of benzene rings is 1. The number of aromatic nitrogens is 2. The lowest BCUT2D eigenvalue weighted by atomic mass is 10.1. The van der Waals surface area contributed by atoms with Crippen LogP contribution in [0.1, 0.15) is 17.7 Å². The van der Waals surface area contributed by atoms with E-state index in [0.29, 0.717) is 17.1 Å². The van der Waals surface area contributed by atoms with Gasteiger partial charge in [0.25, 0.3) is 5.56 Å². The predicted octanol–water partition coefficient (Wildman–Crippen LogP) is 2.53. The van der Waals surface area contributed by atoms with E-state index in [1.54, 1.807) is 6.92 Å². The molecule has 0 radical (unpaired) electrons. The van der Waals surface area contributed by atoms with E-state index < -0.39 is 5.97 Å². The lowest BCUT2D eigenvalue weighted by molar-refractivity contribution is -0.136. The minimum Gasteiger partial charge on any atom is -0.481 e. The summed E-state index contributed by atoms with van der Waals surface area (Å²) in [5.74, 6) is -0.445. The van der Waals surface area contributed by atoms with Gasteiger partial charge < -0.3 is 10.1 Å². The van der Waals surface area contributed by atoms with Crippen LogP contribution in [-0.2, 0) is 11.2 Å². The van der Waals surface area contributed by atoms with Crippen molar-refractivity contribution < 1.29 is 9.90 Å². The summed E-state index contributed by atoms with van der Waals surface area (Å²) >= 11 is 3.34. The number of aryl methyl sites for hydroxylation is 1. The van der Waals surface area contributed by atoms with Gasteiger partial charge in [-0.2, -0.15) is 0 Å². The fourth-order valence-electron chi connectivity index (χ4n) is 1.88. The second-order valence-corrected chi connectivity index (χ2v) is 5.29. The zero-order chi connectivity index (χ0) is 14.7. The number of carboxylic acid groups (broad SMARTS) is 1. The second-order valence-electron chi connectivity index (χ2n) is 4.38. The first kappa shape index (κ1) is 14.5. The maximum atomic E-state index is 12.0. The molecule has 0 saturated carbocycles. The molecule has 1 heterocycles. The molecule has 0 aliphatic heterocycles. The van der Waals surface area contributed by atoms with Crippen LogP contribution in [0.15, 0.2) is 33.5 Å². The van der Waals surface area contributed by atoms with E-state index in [1.807, 2.05) is 24.3 Å². The van der Waals surface area contributed by atoms with Crippen LogP contribution in [0.3, 0.4) is 0 Å². The largest absolute Gasteiger partial charge is 0.481 e. The Bertz CT molecular complexity index is 693. The minimum atomic E-state index is -0.930. The van der Waals surface area contributed by atoms with Crippen molar-refractivity contribution in [2.24, 2.45) is 0 Å². The number of carboxylic acids is 1. The van der Waals surface area contributed by atoms with Gasteiger partial charge in [-0.05, 0) is 25.5 Å². The summed E-state index contributed by atoms with van der Waals surface area (Å²) in [4.78, 5) is 29.6. The van der Waals surface area contributed by atoms with Gasteiger partial charge in [0.1, 0.15) is 5.82 Å². The zero-order valence-corrected chi connectivity index (χ0v) is 12.4. The Morgan fingerprint density at radius 3 is 2.55 bits per heavy atom. The highest BCUT2D eigenvalue weighted by molar-refractivity contribution is 9.10. The fourth-order valence-corrected chi connectivity index (χ4v) is 2.15. The number of aromatic amines is 1. The number of nitrogens with one attached hydrogen (secondary N) is 1. The first-order chi connectivity index (χ1) is 9.47. The molecular weight excluding hydrogens is 324 g/mol. The predicted molar refractivity (Wildman–Crippen MR) is 78.7 cm³/mol. The number of hydrogen-bond acceptors (Lipinski definition) is 3. The average Bonchev–Trinajstić information content (AvgIpc) is 2.38. The lowest BCUT2D eigenvalue weighted by Gasteiger charge is -2.06. The van der Waals surface area contributed by atoms with Crippen molar-refractivity contribution in [1.82, 2.24) is 9.97 Å². The molecule has 2 N–H and O–H groups in total. The van der Waals surface area contributed by atoms with E-state index in [2.05, 4.69) is 25.9 Å². The van der Waals surface area contributed by atoms with Crippen LogP contribution in [0.5, 0.6) is 0 Å². The van der Waals surface area contributed by atoms with Gasteiger partial charge in [0, 0.05) is 27.7 Å². The zero-order valence-electron chi connectivity index (χ0n) is 10.8. The third-order valence-electron chi connectivity index (χ3n) is 2.93. The Hall–Kier alpha value is -1.95. The fraction of sp³-hybridized carbons (Fsp3) is 0.214. The summed E-state index contributed by atoms with van der Waals surface area (Å²) in [7, 11) is 0. The quantitative estimate of drug-likeness (QED) is 0.898. The van der Waals surface area contributed by atoms with Gasteiger partial charge in [-0.15, -0.1) is 0 Å². The molecule has 2 rings (SSSR count). The SMILES string of the molecule is Cc1nc(-c2ccc(Br)cc2)[nH]c(=O)c1CCC(=O)O. The van der Waals surface area contributed by atoms with E-state index in [4.69, 9.17) is 5.11 Å². The molecule has 104 valence electrons. The van der Waals surface area contributed by atoms with Crippen molar-refractivity contribution in [3.8, 4) is 11.4 Å². The van der Waals surface area contributed by atoms with Crippen molar-refractivity contribution >= 4 is 21.9 Å². The maximum absolute atomic E-state index is 12.0. The minimum absolute atomic E-state index is 0.0801. The number of nitrogens with zero attached hydrogens (tertiary/aromatic N) is 1. The Kier molecular flexibility index (Phi) is 4.34. The van der Waals surface area contributed by atoms with Gasteiger partial charge in [-0.25, -0.2) is 4.98 Å². The molecule has 0 bridgehead atoms. The smallest absolute Gasteiger partial charge is 0.303 e. The monoisotopic (exact) mass is 336 g/mol. The van der Waals surface area contributed by atoms with Gasteiger partial charge in [0.15, 0.2) is 0 Å². The van der Waals surface area contributed by atoms with Crippen LogP contribution >= 0.6 is 15.9 Å². The Balaban J connectivity index is 2.37. The lowest BCUT2D eigenvalue weighted by Crippen LogP contribution is -2.18. The average molecular weight is 337 g/mol. The number of aliphatic carboxylic acids is 1. The summed E-state index contributed by atoms with van der Waals surface area (Å²) in [6, 6.07) is 7.42. The number of halogens is 1. The van der Waals surface area contributed by atoms with E-state index in [9.17, 15) is 9.59 Å². The molecule has 0 aliphatic carbocycles. The highest BCUT2D eigenvalue weighted by Crippen LogP contribution is 2.18. The number of hydrogen-bond donors (Lipinski definition) is 2. The molecule has 0 aliphatic rings. The van der Waals surface area contributed by atoms with Gasteiger partial charge in [0.05, 0.1) is 0 Å². The molecule has 0 amide bonds. The number of H-pyrrole nitrogens is 1. The summed E-state index contributed by atoms with van der Waals surface area (Å²) in [6.45, 7) is 1.72. The van der Waals surface area contributed by atoms with Crippen molar-refractivity contribution in [3.63, 3.8) is 0 Å². The topological polar surface area (TPSA) is 83.0 Å². The van der Waals surface area contributed by atoms with Gasteiger partial charge in [-0.3, -0.25) is 9.59 Å². The number of carbonyl (C=O) groups is 1. The molecule has 1 aromatic heterocycles. The van der Waals surface area contributed by atoms with Crippen molar-refractivity contribution in [3.05, 3.63) is 50.3 Å². The molecule has 5 nitrogen and oxygen atoms in total. The summed E-state index contributed by atoms with van der Waals surface area (Å²) in [5.41, 5.74) is 1.51. The Morgan fingerprint density at radius 2 is 2.00 bits per heavy atom. The summed E-state index contributed by atoms with van der Waals surface area (Å²) in [5, 5.41) is 8.68. The Labute approximate surface area is 123 Å². The van der Waals surface area contributed by atoms with Crippen LogP contribution in [0.4, 0.5) is 0 Å². The Morgan fingerprint density at radius 1 is 1.35 bits per heavy atom. The third kappa shape index (κ3) is 3.33. The molecule has 1 aromatic carbocycles. The highest BCUT2D eigenvalue weighted by atomic mass is 79.9. The molecule has 20 heavy (non-hydrogen) atoms. The molecule has 6 heteroatoms. The van der Waals surface area contributed by atoms with Crippen molar-refractivity contribution in [2.75, 3.05) is 0 Å². The number of rotatable bonds is 4.